The third-order valence-electron chi connectivity index (χ3n) is 4.71. The van der Waals surface area contributed by atoms with Crippen molar-refractivity contribution >= 4 is 29.1 Å². The average molecular weight is 392 g/mol. The molecule has 0 unspecified atom stereocenters. The monoisotopic (exact) mass is 392 g/mol. The van der Waals surface area contributed by atoms with Crippen molar-refractivity contribution in [1.82, 2.24) is 14.8 Å². The molecule has 0 saturated heterocycles. The highest BCUT2D eigenvalue weighted by molar-refractivity contribution is 7.99. The standard InChI is InChI=1S/C21H20N4O2S/c1-14(26)23-18-6-3-7-19(11-18)25-13-22-24-21(25)28-12-20(27)17-9-8-15-4-2-5-16(15)10-17/h3,6-11,13H,2,4-5,12H2,1H3,(H,23,26). The Bertz CT molecular complexity index is 1040. The molecule has 7 heteroatoms. The molecule has 1 aromatic heterocycles. The third-order valence-corrected chi connectivity index (χ3v) is 5.66. The summed E-state index contributed by atoms with van der Waals surface area (Å²) in [6, 6.07) is 13.5. The fourth-order valence-corrected chi connectivity index (χ4v) is 4.22. The van der Waals surface area contributed by atoms with E-state index in [0.29, 0.717) is 16.6 Å². The number of anilines is 1. The molecule has 1 aliphatic rings. The van der Waals surface area contributed by atoms with Gasteiger partial charge in [-0.15, -0.1) is 10.2 Å². The summed E-state index contributed by atoms with van der Waals surface area (Å²) in [5, 5.41) is 11.5. The minimum absolute atomic E-state index is 0.0845. The van der Waals surface area contributed by atoms with Crippen molar-refractivity contribution in [3.8, 4) is 5.69 Å². The molecule has 142 valence electrons. The molecule has 4 rings (SSSR count). The highest BCUT2D eigenvalue weighted by Gasteiger charge is 2.16. The van der Waals surface area contributed by atoms with E-state index in [1.54, 1.807) is 6.33 Å². The van der Waals surface area contributed by atoms with Gasteiger partial charge in [-0.2, -0.15) is 0 Å². The van der Waals surface area contributed by atoms with E-state index >= 15 is 0 Å². The molecular formula is C21H20N4O2S. The van der Waals surface area contributed by atoms with Gasteiger partial charge in [-0.25, -0.2) is 0 Å². The average Bonchev–Trinajstić information content (AvgIpc) is 3.34. The number of aromatic nitrogens is 3. The number of aryl methyl sites for hydroxylation is 2. The highest BCUT2D eigenvalue weighted by Crippen LogP contribution is 2.25. The fourth-order valence-electron chi connectivity index (χ4n) is 3.40. The molecule has 0 bridgehead atoms. The summed E-state index contributed by atoms with van der Waals surface area (Å²) < 4.78 is 1.81. The molecule has 6 nitrogen and oxygen atoms in total. The van der Waals surface area contributed by atoms with Gasteiger partial charge in [0.1, 0.15) is 6.33 Å². The van der Waals surface area contributed by atoms with E-state index < -0.39 is 0 Å². The maximum atomic E-state index is 12.6. The van der Waals surface area contributed by atoms with Gasteiger partial charge >= 0.3 is 0 Å². The van der Waals surface area contributed by atoms with Gasteiger partial charge in [0.05, 0.1) is 11.4 Å². The molecule has 0 aliphatic heterocycles. The van der Waals surface area contributed by atoms with Crippen molar-refractivity contribution in [3.05, 3.63) is 65.5 Å². The highest BCUT2D eigenvalue weighted by atomic mass is 32.2. The molecule has 3 aromatic rings. The molecule has 2 aromatic carbocycles. The maximum Gasteiger partial charge on any atom is 0.221 e. The Morgan fingerprint density at radius 3 is 2.86 bits per heavy atom. The molecule has 28 heavy (non-hydrogen) atoms. The number of Topliss-reactive ketones (excluding diaryl/α,β-unsaturated/α-hetero) is 1. The summed E-state index contributed by atoms with van der Waals surface area (Å²) in [5.41, 5.74) is 4.94. The molecule has 0 saturated carbocycles. The lowest BCUT2D eigenvalue weighted by Crippen LogP contribution is -2.07. The van der Waals surface area contributed by atoms with Crippen LogP contribution in [0.2, 0.25) is 0 Å². The van der Waals surface area contributed by atoms with Crippen LogP contribution in [-0.2, 0) is 17.6 Å². The first-order valence-corrected chi connectivity index (χ1v) is 10.1. The van der Waals surface area contributed by atoms with Gasteiger partial charge in [0.15, 0.2) is 10.9 Å². The predicted octanol–water partition coefficient (Wildman–Crippen LogP) is 3.69. The second-order valence-electron chi connectivity index (χ2n) is 6.76. The van der Waals surface area contributed by atoms with Crippen LogP contribution < -0.4 is 5.32 Å². The second kappa shape index (κ2) is 7.98. The fraction of sp³-hybridized carbons (Fsp3) is 0.238. The van der Waals surface area contributed by atoms with Crippen LogP contribution in [0.15, 0.2) is 53.9 Å². The van der Waals surface area contributed by atoms with E-state index in [2.05, 4.69) is 21.6 Å². The van der Waals surface area contributed by atoms with Crippen molar-refractivity contribution in [2.24, 2.45) is 0 Å². The van der Waals surface area contributed by atoms with E-state index in [1.165, 1.54) is 36.2 Å². The lowest BCUT2D eigenvalue weighted by Gasteiger charge is -2.09. The van der Waals surface area contributed by atoms with Crippen molar-refractivity contribution in [1.29, 1.82) is 0 Å². The van der Waals surface area contributed by atoms with Crippen molar-refractivity contribution in [2.75, 3.05) is 11.1 Å². The number of nitrogens with one attached hydrogen (secondary N) is 1. The summed E-state index contributed by atoms with van der Waals surface area (Å²) in [6.45, 7) is 1.47. The normalized spacial score (nSPS) is 12.6. The Kier molecular flexibility index (Phi) is 5.25. The number of benzene rings is 2. The first-order valence-electron chi connectivity index (χ1n) is 9.16. The summed E-state index contributed by atoms with van der Waals surface area (Å²) in [4.78, 5) is 23.9. The first kappa shape index (κ1) is 18.4. The Labute approximate surface area is 167 Å². The van der Waals surface area contributed by atoms with Crippen LogP contribution in [0.3, 0.4) is 0 Å². The lowest BCUT2D eigenvalue weighted by atomic mass is 10.0. The molecule has 0 atom stereocenters. The minimum atomic E-state index is -0.129. The molecule has 1 heterocycles. The van der Waals surface area contributed by atoms with Crippen LogP contribution in [0.4, 0.5) is 5.69 Å². The summed E-state index contributed by atoms with van der Waals surface area (Å²) in [6.07, 6.45) is 4.94. The number of thioether (sulfide) groups is 1. The summed E-state index contributed by atoms with van der Waals surface area (Å²) >= 11 is 1.36. The largest absolute Gasteiger partial charge is 0.326 e. The van der Waals surface area contributed by atoms with Crippen LogP contribution >= 0.6 is 11.8 Å². The Morgan fingerprint density at radius 2 is 2.00 bits per heavy atom. The van der Waals surface area contributed by atoms with Gasteiger partial charge in [0, 0.05) is 18.2 Å². The van der Waals surface area contributed by atoms with E-state index in [1.807, 2.05) is 41.0 Å². The number of rotatable bonds is 6. The zero-order valence-corrected chi connectivity index (χ0v) is 16.3. The van der Waals surface area contributed by atoms with E-state index in [9.17, 15) is 9.59 Å². The third kappa shape index (κ3) is 3.99. The topological polar surface area (TPSA) is 76.9 Å². The molecule has 1 aliphatic carbocycles. The predicted molar refractivity (Wildman–Crippen MR) is 109 cm³/mol. The molecular weight excluding hydrogens is 372 g/mol. The summed E-state index contributed by atoms with van der Waals surface area (Å²) in [7, 11) is 0. The van der Waals surface area contributed by atoms with E-state index in [0.717, 1.165) is 24.1 Å². The van der Waals surface area contributed by atoms with Crippen molar-refractivity contribution < 1.29 is 9.59 Å². The van der Waals surface area contributed by atoms with Crippen LogP contribution in [-0.4, -0.2) is 32.2 Å². The van der Waals surface area contributed by atoms with Crippen molar-refractivity contribution in [2.45, 2.75) is 31.3 Å². The molecule has 0 fully saturated rings. The van der Waals surface area contributed by atoms with Crippen LogP contribution in [0.25, 0.3) is 5.69 Å². The van der Waals surface area contributed by atoms with Gasteiger partial charge < -0.3 is 5.32 Å². The Morgan fingerprint density at radius 1 is 1.14 bits per heavy atom. The van der Waals surface area contributed by atoms with E-state index in [-0.39, 0.29) is 11.7 Å². The quantitative estimate of drug-likeness (QED) is 0.511. The smallest absolute Gasteiger partial charge is 0.221 e. The number of amides is 1. The zero-order valence-electron chi connectivity index (χ0n) is 15.5. The zero-order chi connectivity index (χ0) is 19.5. The number of hydrogen-bond acceptors (Lipinski definition) is 5. The molecule has 0 spiro atoms. The van der Waals surface area contributed by atoms with Gasteiger partial charge in [-0.05, 0) is 54.7 Å². The number of hydrogen-bond donors (Lipinski definition) is 1. The number of carbonyl (C=O) groups is 2. The SMILES string of the molecule is CC(=O)Nc1cccc(-n2cnnc2SCC(=O)c2ccc3c(c2)CCC3)c1. The first-order chi connectivity index (χ1) is 13.6. The number of ketones is 1. The minimum Gasteiger partial charge on any atom is -0.326 e. The van der Waals surface area contributed by atoms with Gasteiger partial charge in [0.25, 0.3) is 0 Å². The molecule has 0 radical (unpaired) electrons. The van der Waals surface area contributed by atoms with Crippen LogP contribution in [0.1, 0.15) is 34.8 Å². The number of nitrogens with zero attached hydrogens (tertiary/aromatic N) is 3. The summed E-state index contributed by atoms with van der Waals surface area (Å²) in [5.74, 6) is 0.250. The Balaban J connectivity index is 1.48. The molecule has 1 amide bonds. The van der Waals surface area contributed by atoms with E-state index in [4.69, 9.17) is 0 Å². The van der Waals surface area contributed by atoms with Gasteiger partial charge in [0.2, 0.25) is 5.91 Å². The maximum absolute atomic E-state index is 12.6. The molecule has 1 N–H and O–H groups in total. The Hall–Kier alpha value is -2.93. The van der Waals surface area contributed by atoms with Crippen molar-refractivity contribution in [3.63, 3.8) is 0 Å². The number of fused-ring (bicyclic) bond motifs is 1. The number of carbonyl (C=O) groups excluding carboxylic acids is 2. The van der Waals surface area contributed by atoms with Crippen LogP contribution in [0, 0.1) is 0 Å². The van der Waals surface area contributed by atoms with Crippen LogP contribution in [0.5, 0.6) is 0 Å². The van der Waals surface area contributed by atoms with Gasteiger partial charge in [-0.3, -0.25) is 14.2 Å². The second-order valence-corrected chi connectivity index (χ2v) is 7.71. The van der Waals surface area contributed by atoms with Gasteiger partial charge in [-0.1, -0.05) is 30.0 Å². The lowest BCUT2D eigenvalue weighted by molar-refractivity contribution is -0.114.